The number of nitrogens with zero attached hydrogens (tertiary/aromatic N) is 1. The number of nitrogens with one attached hydrogen (secondary N) is 1. The molecule has 0 bridgehead atoms. The van der Waals surface area contributed by atoms with Gasteiger partial charge < -0.3 is 19.5 Å². The summed E-state index contributed by atoms with van der Waals surface area (Å²) < 4.78 is 43.6. The Kier molecular flexibility index (Phi) is 7.98. The molecule has 0 atom stereocenters. The zero-order chi connectivity index (χ0) is 25.6. The predicted octanol–water partition coefficient (Wildman–Crippen LogP) is 3.63. The molecule has 0 radical (unpaired) electrons. The van der Waals surface area contributed by atoms with Gasteiger partial charge in [0.1, 0.15) is 18.0 Å². The lowest BCUT2D eigenvalue weighted by Gasteiger charge is -2.26. The van der Waals surface area contributed by atoms with Crippen molar-refractivity contribution < 1.29 is 32.2 Å². The molecule has 0 unspecified atom stereocenters. The minimum atomic E-state index is -4.17. The van der Waals surface area contributed by atoms with Gasteiger partial charge in [0.15, 0.2) is 0 Å². The molecule has 0 aliphatic heterocycles. The smallest absolute Gasteiger partial charge is 0.337 e. The van der Waals surface area contributed by atoms with Crippen LogP contribution in [0, 0.1) is 6.92 Å². The van der Waals surface area contributed by atoms with Crippen molar-refractivity contribution in [3.63, 3.8) is 0 Å². The Hall–Kier alpha value is -4.05. The molecule has 1 amide bonds. The van der Waals surface area contributed by atoms with E-state index in [0.29, 0.717) is 17.0 Å². The van der Waals surface area contributed by atoms with Gasteiger partial charge in [-0.1, -0.05) is 24.3 Å². The third-order valence-corrected chi connectivity index (χ3v) is 6.98. The summed E-state index contributed by atoms with van der Waals surface area (Å²) in [4.78, 5) is 25.0. The van der Waals surface area contributed by atoms with Crippen LogP contribution in [-0.2, 0) is 19.6 Å². The van der Waals surface area contributed by atoms with Crippen molar-refractivity contribution in [2.45, 2.75) is 11.8 Å². The van der Waals surface area contributed by atoms with Crippen molar-refractivity contribution in [1.29, 1.82) is 0 Å². The van der Waals surface area contributed by atoms with Crippen molar-refractivity contribution in [2.24, 2.45) is 0 Å². The maximum absolute atomic E-state index is 13.6. The van der Waals surface area contributed by atoms with Crippen LogP contribution in [0.2, 0.25) is 0 Å². The number of anilines is 2. The summed E-state index contributed by atoms with van der Waals surface area (Å²) in [6.07, 6.45) is 0. The molecule has 0 saturated carbocycles. The molecular weight excluding hydrogens is 472 g/mol. The first kappa shape index (κ1) is 25.6. The van der Waals surface area contributed by atoms with E-state index in [-0.39, 0.29) is 21.9 Å². The summed E-state index contributed by atoms with van der Waals surface area (Å²) in [7, 11) is -0.0607. The average molecular weight is 499 g/mol. The molecule has 0 fully saturated rings. The van der Waals surface area contributed by atoms with Gasteiger partial charge in [0.25, 0.3) is 10.0 Å². The molecule has 184 valence electrons. The van der Waals surface area contributed by atoms with E-state index in [9.17, 15) is 18.0 Å². The number of aryl methyl sites for hydroxylation is 1. The number of sulfonamides is 1. The molecule has 3 aromatic carbocycles. The number of hydrogen-bond donors (Lipinski definition) is 1. The van der Waals surface area contributed by atoms with Crippen molar-refractivity contribution in [2.75, 3.05) is 37.5 Å². The van der Waals surface area contributed by atoms with Crippen LogP contribution in [0.15, 0.2) is 71.6 Å². The SMILES string of the molecule is COC(=O)c1ccc(C)c(NC(=O)CN(c2cc(OC)ccc2OC)S(=O)(=O)c2ccccc2)c1. The quantitative estimate of drug-likeness (QED) is 0.449. The van der Waals surface area contributed by atoms with Gasteiger partial charge >= 0.3 is 5.97 Å². The molecule has 0 aromatic heterocycles. The van der Waals surface area contributed by atoms with Crippen molar-refractivity contribution in [1.82, 2.24) is 0 Å². The molecule has 1 N–H and O–H groups in total. The Balaban J connectivity index is 2.03. The second-order valence-corrected chi connectivity index (χ2v) is 9.29. The number of hydrogen-bond acceptors (Lipinski definition) is 7. The Morgan fingerprint density at radius 3 is 2.26 bits per heavy atom. The number of carbonyl (C=O) groups excluding carboxylic acids is 2. The zero-order valence-corrected chi connectivity index (χ0v) is 20.6. The van der Waals surface area contributed by atoms with Gasteiger partial charge in [-0.25, -0.2) is 13.2 Å². The number of ether oxygens (including phenoxy) is 3. The van der Waals surface area contributed by atoms with E-state index >= 15 is 0 Å². The van der Waals surface area contributed by atoms with Gasteiger partial charge in [0, 0.05) is 11.8 Å². The maximum atomic E-state index is 13.6. The van der Waals surface area contributed by atoms with Crippen molar-refractivity contribution >= 4 is 33.3 Å². The minimum Gasteiger partial charge on any atom is -0.497 e. The Labute approximate surface area is 204 Å². The summed E-state index contributed by atoms with van der Waals surface area (Å²) in [6.45, 7) is 1.18. The van der Waals surface area contributed by atoms with Crippen LogP contribution in [0.1, 0.15) is 15.9 Å². The highest BCUT2D eigenvalue weighted by Crippen LogP contribution is 2.35. The Morgan fingerprint density at radius 1 is 0.914 bits per heavy atom. The summed E-state index contributed by atoms with van der Waals surface area (Å²) in [5.74, 6) is -0.563. The maximum Gasteiger partial charge on any atom is 0.337 e. The van der Waals surface area contributed by atoms with Crippen LogP contribution in [0.5, 0.6) is 11.5 Å². The van der Waals surface area contributed by atoms with Gasteiger partial charge in [-0.05, 0) is 48.9 Å². The standard InChI is InChI=1S/C25H26N2O7S/c1-17-10-11-18(25(29)34-4)14-21(17)26-24(28)16-27(35(30,31)20-8-6-5-7-9-20)22-15-19(32-2)12-13-23(22)33-3/h5-15H,16H2,1-4H3,(H,26,28). The number of esters is 1. The van der Waals surface area contributed by atoms with E-state index in [1.54, 1.807) is 49.4 Å². The highest BCUT2D eigenvalue weighted by atomic mass is 32.2. The van der Waals surface area contributed by atoms with Crippen LogP contribution < -0.4 is 19.1 Å². The fraction of sp³-hybridized carbons (Fsp3) is 0.200. The number of rotatable bonds is 9. The van der Waals surface area contributed by atoms with Gasteiger partial charge in [-0.2, -0.15) is 0 Å². The van der Waals surface area contributed by atoms with Gasteiger partial charge in [-0.3, -0.25) is 9.10 Å². The normalized spacial score (nSPS) is 10.9. The number of carbonyl (C=O) groups is 2. The minimum absolute atomic E-state index is 0.00143. The van der Waals surface area contributed by atoms with E-state index in [2.05, 4.69) is 5.32 Å². The van der Waals surface area contributed by atoms with Crippen LogP contribution in [-0.4, -0.2) is 48.2 Å². The Bertz CT molecular complexity index is 1320. The molecule has 9 nitrogen and oxygen atoms in total. The molecule has 0 spiro atoms. The van der Waals surface area contributed by atoms with Crippen LogP contribution >= 0.6 is 0 Å². The lowest BCUT2D eigenvalue weighted by atomic mass is 10.1. The third kappa shape index (κ3) is 5.72. The number of methoxy groups -OCH3 is 3. The van der Waals surface area contributed by atoms with Crippen molar-refractivity contribution in [3.05, 3.63) is 77.9 Å². The van der Waals surface area contributed by atoms with Crippen LogP contribution in [0.25, 0.3) is 0 Å². The van der Waals surface area contributed by atoms with Crippen molar-refractivity contribution in [3.8, 4) is 11.5 Å². The van der Waals surface area contributed by atoms with Gasteiger partial charge in [0.2, 0.25) is 5.91 Å². The second-order valence-electron chi connectivity index (χ2n) is 7.43. The molecule has 0 saturated heterocycles. The van der Waals surface area contributed by atoms with Gasteiger partial charge in [-0.15, -0.1) is 0 Å². The average Bonchev–Trinajstić information content (AvgIpc) is 2.88. The fourth-order valence-electron chi connectivity index (χ4n) is 3.33. The predicted molar refractivity (Wildman–Crippen MR) is 132 cm³/mol. The molecule has 0 aliphatic carbocycles. The fourth-order valence-corrected chi connectivity index (χ4v) is 4.78. The van der Waals surface area contributed by atoms with E-state index in [4.69, 9.17) is 14.2 Å². The highest BCUT2D eigenvalue weighted by Gasteiger charge is 2.30. The molecule has 10 heteroatoms. The van der Waals surface area contributed by atoms with Crippen LogP contribution in [0.4, 0.5) is 11.4 Å². The van der Waals surface area contributed by atoms with Crippen LogP contribution in [0.3, 0.4) is 0 Å². The summed E-state index contributed by atoms with van der Waals surface area (Å²) in [5.41, 5.74) is 1.41. The molecular formula is C25H26N2O7S. The first-order valence-corrected chi connectivity index (χ1v) is 11.9. The summed E-state index contributed by atoms with van der Waals surface area (Å²) in [5, 5.41) is 2.69. The summed E-state index contributed by atoms with van der Waals surface area (Å²) in [6, 6.07) is 17.1. The van der Waals surface area contributed by atoms with E-state index < -0.39 is 28.4 Å². The molecule has 35 heavy (non-hydrogen) atoms. The first-order valence-electron chi connectivity index (χ1n) is 10.5. The molecule has 3 rings (SSSR count). The summed E-state index contributed by atoms with van der Waals surface area (Å²) >= 11 is 0. The molecule has 0 heterocycles. The second kappa shape index (κ2) is 10.9. The number of amides is 1. The molecule has 0 aliphatic rings. The lowest BCUT2D eigenvalue weighted by molar-refractivity contribution is -0.114. The van der Waals surface area contributed by atoms with E-state index in [1.807, 2.05) is 0 Å². The zero-order valence-electron chi connectivity index (χ0n) is 19.8. The third-order valence-electron chi connectivity index (χ3n) is 5.21. The lowest BCUT2D eigenvalue weighted by Crippen LogP contribution is -2.38. The highest BCUT2D eigenvalue weighted by molar-refractivity contribution is 7.92. The largest absolute Gasteiger partial charge is 0.497 e. The Morgan fingerprint density at radius 2 is 1.63 bits per heavy atom. The topological polar surface area (TPSA) is 111 Å². The molecule has 3 aromatic rings. The first-order chi connectivity index (χ1) is 16.7. The monoisotopic (exact) mass is 498 g/mol. The number of benzene rings is 3. The van der Waals surface area contributed by atoms with E-state index in [1.165, 1.54) is 45.6 Å². The van der Waals surface area contributed by atoms with E-state index in [0.717, 1.165) is 4.31 Å². The van der Waals surface area contributed by atoms with Gasteiger partial charge in [0.05, 0.1) is 37.5 Å².